The van der Waals surface area contributed by atoms with Crippen LogP contribution in [0.25, 0.3) is 0 Å². The molecule has 2 rings (SSSR count). The van der Waals surface area contributed by atoms with Crippen molar-refractivity contribution >= 4 is 39.1 Å². The van der Waals surface area contributed by atoms with Gasteiger partial charge in [-0.3, -0.25) is 13.9 Å². The average molecular weight is 496 g/mol. The molecule has 1 N–H and O–H groups in total. The number of hydrogen-bond donors (Lipinski definition) is 1. The van der Waals surface area contributed by atoms with Gasteiger partial charge in [0.25, 0.3) is 0 Å². The summed E-state index contributed by atoms with van der Waals surface area (Å²) in [4.78, 5) is 27.7. The summed E-state index contributed by atoms with van der Waals surface area (Å²) in [7, 11) is -2.41. The number of para-hydroxylation sites is 2. The van der Waals surface area contributed by atoms with E-state index in [1.165, 1.54) is 12.0 Å². The molecule has 0 fully saturated rings. The molecule has 0 bridgehead atoms. The Kier molecular flexibility index (Phi) is 9.55. The van der Waals surface area contributed by atoms with E-state index in [1.807, 2.05) is 0 Å². The summed E-state index contributed by atoms with van der Waals surface area (Å²) in [6, 6.07) is 12.7. The van der Waals surface area contributed by atoms with Crippen molar-refractivity contribution in [2.45, 2.75) is 32.9 Å². The number of ether oxygens (including phenoxy) is 1. The molecule has 0 saturated heterocycles. The summed E-state index contributed by atoms with van der Waals surface area (Å²) in [5, 5.41) is 3.30. The number of benzene rings is 2. The van der Waals surface area contributed by atoms with Gasteiger partial charge in [0.15, 0.2) is 0 Å². The van der Waals surface area contributed by atoms with E-state index in [4.69, 9.17) is 16.3 Å². The van der Waals surface area contributed by atoms with Crippen LogP contribution in [0.1, 0.15) is 25.8 Å². The first kappa shape index (κ1) is 26.5. The monoisotopic (exact) mass is 495 g/mol. The zero-order valence-electron chi connectivity index (χ0n) is 19.2. The van der Waals surface area contributed by atoms with Gasteiger partial charge < -0.3 is 15.0 Å². The van der Waals surface area contributed by atoms with E-state index in [0.29, 0.717) is 23.7 Å². The summed E-state index contributed by atoms with van der Waals surface area (Å²) in [5.41, 5.74) is 1.01. The Morgan fingerprint density at radius 1 is 1.09 bits per heavy atom. The molecular formula is C23H30ClN3O5S. The zero-order chi connectivity index (χ0) is 24.6. The number of nitrogens with zero attached hydrogens (tertiary/aromatic N) is 2. The third-order valence-electron chi connectivity index (χ3n) is 5.04. The smallest absolute Gasteiger partial charge is 0.244 e. The lowest BCUT2D eigenvalue weighted by atomic mass is 10.1. The second kappa shape index (κ2) is 11.9. The molecule has 33 heavy (non-hydrogen) atoms. The number of amides is 2. The number of rotatable bonds is 11. The molecule has 2 amide bonds. The van der Waals surface area contributed by atoms with Crippen molar-refractivity contribution in [2.75, 3.05) is 30.8 Å². The lowest BCUT2D eigenvalue weighted by Gasteiger charge is -2.33. The lowest BCUT2D eigenvalue weighted by Crippen LogP contribution is -2.52. The van der Waals surface area contributed by atoms with Crippen molar-refractivity contribution < 1.29 is 22.7 Å². The molecule has 0 unspecified atom stereocenters. The number of halogens is 1. The maximum atomic E-state index is 13.5. The molecular weight excluding hydrogens is 466 g/mol. The quantitative estimate of drug-likeness (QED) is 0.517. The van der Waals surface area contributed by atoms with Crippen molar-refractivity contribution in [1.29, 1.82) is 0 Å². The van der Waals surface area contributed by atoms with Crippen molar-refractivity contribution in [3.8, 4) is 5.75 Å². The lowest BCUT2D eigenvalue weighted by molar-refractivity contribution is -0.140. The topological polar surface area (TPSA) is 96.0 Å². The molecule has 2 aromatic rings. The second-order valence-corrected chi connectivity index (χ2v) is 9.75. The zero-order valence-corrected chi connectivity index (χ0v) is 20.8. The number of anilines is 1. The van der Waals surface area contributed by atoms with Gasteiger partial charge in [0.2, 0.25) is 21.8 Å². The van der Waals surface area contributed by atoms with Crippen LogP contribution in [0.3, 0.4) is 0 Å². The van der Waals surface area contributed by atoms with E-state index in [2.05, 4.69) is 5.32 Å². The Bertz CT molecular complexity index is 1060. The van der Waals surface area contributed by atoms with Crippen molar-refractivity contribution in [3.63, 3.8) is 0 Å². The summed E-state index contributed by atoms with van der Waals surface area (Å²) in [6.07, 6.45) is 1.38. The predicted octanol–water partition coefficient (Wildman–Crippen LogP) is 3.06. The van der Waals surface area contributed by atoms with Crippen LogP contribution in [-0.4, -0.2) is 57.6 Å². The number of carbonyl (C=O) groups is 2. The first-order valence-electron chi connectivity index (χ1n) is 10.5. The van der Waals surface area contributed by atoms with Crippen LogP contribution in [0.15, 0.2) is 48.5 Å². The van der Waals surface area contributed by atoms with E-state index < -0.39 is 28.5 Å². The fourth-order valence-electron chi connectivity index (χ4n) is 3.43. The van der Waals surface area contributed by atoms with Crippen molar-refractivity contribution in [2.24, 2.45) is 0 Å². The molecule has 0 radical (unpaired) electrons. The molecule has 0 aromatic heterocycles. The number of carbonyl (C=O) groups excluding carboxylic acids is 2. The Morgan fingerprint density at radius 3 is 2.27 bits per heavy atom. The molecule has 8 nitrogen and oxygen atoms in total. The van der Waals surface area contributed by atoms with Crippen LogP contribution in [0.4, 0.5) is 5.69 Å². The van der Waals surface area contributed by atoms with E-state index >= 15 is 0 Å². The Morgan fingerprint density at radius 2 is 1.73 bits per heavy atom. The highest BCUT2D eigenvalue weighted by Gasteiger charge is 2.32. The van der Waals surface area contributed by atoms with Crippen LogP contribution >= 0.6 is 11.6 Å². The second-order valence-electron chi connectivity index (χ2n) is 7.41. The highest BCUT2D eigenvalue weighted by atomic mass is 35.5. The van der Waals surface area contributed by atoms with Gasteiger partial charge in [0.1, 0.15) is 18.3 Å². The van der Waals surface area contributed by atoms with Crippen LogP contribution in [0.2, 0.25) is 5.02 Å². The van der Waals surface area contributed by atoms with Gasteiger partial charge in [-0.15, -0.1) is 0 Å². The number of sulfonamides is 1. The van der Waals surface area contributed by atoms with E-state index in [9.17, 15) is 18.0 Å². The molecule has 0 spiro atoms. The molecule has 10 heteroatoms. The largest absolute Gasteiger partial charge is 0.495 e. The van der Waals surface area contributed by atoms with Gasteiger partial charge in [-0.25, -0.2) is 8.42 Å². The number of nitrogens with one attached hydrogen (secondary N) is 1. The van der Waals surface area contributed by atoms with Crippen molar-refractivity contribution in [1.82, 2.24) is 10.2 Å². The fourth-order valence-corrected chi connectivity index (χ4v) is 4.41. The Balaban J connectivity index is 2.46. The molecule has 0 aliphatic heterocycles. The number of likely N-dealkylation sites (N-methyl/N-ethyl adjacent to an activating group) is 1. The van der Waals surface area contributed by atoms with Gasteiger partial charge in [-0.05, 0) is 43.2 Å². The van der Waals surface area contributed by atoms with Crippen LogP contribution in [0.5, 0.6) is 5.75 Å². The highest BCUT2D eigenvalue weighted by Crippen LogP contribution is 2.29. The van der Waals surface area contributed by atoms with Gasteiger partial charge >= 0.3 is 0 Å². The molecule has 180 valence electrons. The van der Waals surface area contributed by atoms with E-state index in [0.717, 1.165) is 16.1 Å². The SMILES string of the molecule is CCNC(=O)[C@H](CC)N(Cc1ccc(Cl)cc1)C(=O)CN(c1ccccc1OC)S(C)(=O)=O. The predicted molar refractivity (Wildman–Crippen MR) is 130 cm³/mol. The first-order valence-corrected chi connectivity index (χ1v) is 12.8. The van der Waals surface area contributed by atoms with Gasteiger partial charge in [0.05, 0.1) is 19.1 Å². The molecule has 0 aliphatic carbocycles. The third-order valence-corrected chi connectivity index (χ3v) is 6.41. The normalized spacial score (nSPS) is 12.0. The standard InChI is InChI=1S/C23H30ClN3O5S/c1-5-19(23(29)25-6-2)26(15-17-11-13-18(24)14-12-17)22(28)16-27(33(4,30)31)20-9-7-8-10-21(20)32-3/h7-14,19H,5-6,15-16H2,1-4H3,(H,25,29)/t19-/m0/s1. The van der Waals surface area contributed by atoms with Crippen LogP contribution in [-0.2, 0) is 26.2 Å². The minimum atomic E-state index is -3.83. The van der Waals surface area contributed by atoms with E-state index in [1.54, 1.807) is 62.4 Å². The summed E-state index contributed by atoms with van der Waals surface area (Å²) < 4.78 is 31.6. The number of methoxy groups -OCH3 is 1. The summed E-state index contributed by atoms with van der Waals surface area (Å²) in [6.45, 7) is 3.65. The van der Waals surface area contributed by atoms with Gasteiger partial charge in [-0.2, -0.15) is 0 Å². The highest BCUT2D eigenvalue weighted by molar-refractivity contribution is 7.92. The minimum Gasteiger partial charge on any atom is -0.495 e. The third kappa shape index (κ3) is 7.10. The first-order chi connectivity index (χ1) is 15.6. The van der Waals surface area contributed by atoms with Crippen molar-refractivity contribution in [3.05, 3.63) is 59.1 Å². The van der Waals surface area contributed by atoms with Gasteiger partial charge in [0, 0.05) is 18.1 Å². The average Bonchev–Trinajstić information content (AvgIpc) is 2.78. The molecule has 0 heterocycles. The molecule has 0 aliphatic rings. The molecule has 0 saturated carbocycles. The summed E-state index contributed by atoms with van der Waals surface area (Å²) in [5.74, 6) is -0.499. The summed E-state index contributed by atoms with van der Waals surface area (Å²) >= 11 is 5.98. The van der Waals surface area contributed by atoms with Gasteiger partial charge in [-0.1, -0.05) is 42.8 Å². The van der Waals surface area contributed by atoms with E-state index in [-0.39, 0.29) is 18.1 Å². The molecule has 2 aromatic carbocycles. The molecule has 1 atom stereocenters. The Hall–Kier alpha value is -2.78. The fraction of sp³-hybridized carbons (Fsp3) is 0.391. The van der Waals surface area contributed by atoms with Crippen LogP contribution in [0, 0.1) is 0 Å². The minimum absolute atomic E-state index is 0.120. The number of hydrogen-bond acceptors (Lipinski definition) is 5. The maximum Gasteiger partial charge on any atom is 0.244 e. The Labute approximate surface area is 200 Å². The van der Waals surface area contributed by atoms with Crippen LogP contribution < -0.4 is 14.4 Å². The maximum absolute atomic E-state index is 13.5.